The Kier molecular flexibility index (Phi) is 12.4. The van der Waals surface area contributed by atoms with Gasteiger partial charge >= 0.3 is 17.8 Å². The molecule has 0 radical (unpaired) electrons. The highest BCUT2D eigenvalue weighted by molar-refractivity contribution is 5.83. The average molecular weight is 660 g/mol. The van der Waals surface area contributed by atoms with Crippen LogP contribution < -0.4 is 16.1 Å². The SMILES string of the molecule is CCCCCc1ccc(-c2cc3ccc(OCC(COC(=O)C(C)(CC(C)(C)C)C(C)(C)N)CC(F)(F)F)cc3oc2=O)c(CC)c1. The molecule has 0 bridgehead atoms. The van der Waals surface area contributed by atoms with Crippen molar-refractivity contribution in [1.82, 2.24) is 0 Å². The van der Waals surface area contributed by atoms with Crippen molar-refractivity contribution in [3.8, 4) is 16.9 Å². The Hall–Kier alpha value is -3.33. The number of alkyl halides is 3. The molecule has 260 valence electrons. The van der Waals surface area contributed by atoms with E-state index >= 15 is 0 Å². The summed E-state index contributed by atoms with van der Waals surface area (Å²) in [4.78, 5) is 26.4. The molecule has 3 aromatic rings. The van der Waals surface area contributed by atoms with Gasteiger partial charge in [-0.2, -0.15) is 13.2 Å². The van der Waals surface area contributed by atoms with Crippen LogP contribution in [0.1, 0.15) is 98.6 Å². The molecular weight excluding hydrogens is 607 g/mol. The number of ether oxygens (including phenoxy) is 2. The summed E-state index contributed by atoms with van der Waals surface area (Å²) in [7, 11) is 0. The van der Waals surface area contributed by atoms with Crippen LogP contribution in [0.5, 0.6) is 5.75 Å². The smallest absolute Gasteiger partial charge is 0.389 e. The second kappa shape index (κ2) is 15.3. The average Bonchev–Trinajstić information content (AvgIpc) is 2.96. The van der Waals surface area contributed by atoms with Crippen LogP contribution in [0.3, 0.4) is 0 Å². The first-order valence-electron chi connectivity index (χ1n) is 16.6. The van der Waals surface area contributed by atoms with Crippen molar-refractivity contribution in [3.05, 3.63) is 64.0 Å². The maximum absolute atomic E-state index is 13.5. The van der Waals surface area contributed by atoms with Gasteiger partial charge in [0.2, 0.25) is 0 Å². The van der Waals surface area contributed by atoms with E-state index in [-0.39, 0.29) is 23.4 Å². The van der Waals surface area contributed by atoms with E-state index in [1.54, 1.807) is 39.0 Å². The fourth-order valence-electron chi connectivity index (χ4n) is 5.99. The second-order valence-electron chi connectivity index (χ2n) is 14.8. The van der Waals surface area contributed by atoms with Crippen molar-refractivity contribution in [1.29, 1.82) is 0 Å². The van der Waals surface area contributed by atoms with Crippen molar-refractivity contribution >= 4 is 16.9 Å². The first-order chi connectivity index (χ1) is 21.8. The van der Waals surface area contributed by atoms with Crippen molar-refractivity contribution in [2.45, 2.75) is 112 Å². The van der Waals surface area contributed by atoms with Crippen LogP contribution in [-0.2, 0) is 22.4 Å². The zero-order valence-electron chi connectivity index (χ0n) is 29.2. The summed E-state index contributed by atoms with van der Waals surface area (Å²) in [6.45, 7) is 14.4. The van der Waals surface area contributed by atoms with Crippen LogP contribution in [0, 0.1) is 16.7 Å². The lowest BCUT2D eigenvalue weighted by atomic mass is 9.65. The molecule has 0 aliphatic heterocycles. The van der Waals surface area contributed by atoms with Gasteiger partial charge in [-0.05, 0) is 86.8 Å². The van der Waals surface area contributed by atoms with E-state index in [1.165, 1.54) is 18.1 Å². The molecule has 2 atom stereocenters. The number of carbonyl (C=O) groups excluding carboxylic acids is 1. The fraction of sp³-hybridized carbons (Fsp3) is 0.579. The minimum atomic E-state index is -4.50. The summed E-state index contributed by atoms with van der Waals surface area (Å²) < 4.78 is 57.5. The van der Waals surface area contributed by atoms with Crippen LogP contribution in [0.25, 0.3) is 22.1 Å². The van der Waals surface area contributed by atoms with Gasteiger partial charge in [0.25, 0.3) is 0 Å². The molecular formula is C38H52F3NO5. The van der Waals surface area contributed by atoms with Crippen molar-refractivity contribution < 1.29 is 31.9 Å². The van der Waals surface area contributed by atoms with Gasteiger partial charge < -0.3 is 19.6 Å². The van der Waals surface area contributed by atoms with E-state index in [4.69, 9.17) is 19.6 Å². The molecule has 0 fully saturated rings. The van der Waals surface area contributed by atoms with E-state index in [0.717, 1.165) is 36.8 Å². The van der Waals surface area contributed by atoms with Gasteiger partial charge in [-0.25, -0.2) is 4.79 Å². The van der Waals surface area contributed by atoms with Gasteiger partial charge in [0, 0.05) is 22.9 Å². The predicted octanol–water partition coefficient (Wildman–Crippen LogP) is 9.43. The zero-order valence-corrected chi connectivity index (χ0v) is 29.2. The third kappa shape index (κ3) is 10.6. The molecule has 0 aliphatic carbocycles. The monoisotopic (exact) mass is 659 g/mol. The molecule has 9 heteroatoms. The number of hydrogen-bond acceptors (Lipinski definition) is 6. The van der Waals surface area contributed by atoms with Gasteiger partial charge in [-0.1, -0.05) is 65.7 Å². The number of fused-ring (bicyclic) bond motifs is 1. The number of esters is 1. The van der Waals surface area contributed by atoms with Gasteiger partial charge in [-0.15, -0.1) is 0 Å². The maximum Gasteiger partial charge on any atom is 0.389 e. The first-order valence-corrected chi connectivity index (χ1v) is 16.6. The number of benzene rings is 2. The topological polar surface area (TPSA) is 91.8 Å². The highest BCUT2D eigenvalue weighted by atomic mass is 19.4. The molecule has 47 heavy (non-hydrogen) atoms. The molecule has 0 saturated heterocycles. The minimum Gasteiger partial charge on any atom is -0.493 e. The molecule has 3 rings (SSSR count). The van der Waals surface area contributed by atoms with Crippen LogP contribution in [0.15, 0.2) is 51.7 Å². The molecule has 1 heterocycles. The van der Waals surface area contributed by atoms with E-state index in [9.17, 15) is 22.8 Å². The van der Waals surface area contributed by atoms with Crippen LogP contribution in [0.4, 0.5) is 13.2 Å². The standard InChI is InChI=1S/C38H52F3NO5/c1-9-11-12-13-25-14-17-30(27(10-2)18-25)31-19-28-15-16-29(20-32(28)47-33(31)43)45-22-26(21-38(39,40)41)23-46-34(44)37(8,36(6,7)42)24-35(3,4)5/h14-20,26H,9-13,21-24,42H2,1-8H3. The molecule has 0 amide bonds. The highest BCUT2D eigenvalue weighted by Gasteiger charge is 2.48. The lowest BCUT2D eigenvalue weighted by Gasteiger charge is -2.43. The number of aryl methyl sites for hydroxylation is 2. The summed E-state index contributed by atoms with van der Waals surface area (Å²) in [5.74, 6) is -1.58. The number of hydrogen-bond donors (Lipinski definition) is 1. The minimum absolute atomic E-state index is 0.234. The lowest BCUT2D eigenvalue weighted by Crippen LogP contribution is -2.56. The molecule has 2 N–H and O–H groups in total. The lowest BCUT2D eigenvalue weighted by molar-refractivity contribution is -0.170. The zero-order chi connectivity index (χ0) is 35.2. The van der Waals surface area contributed by atoms with E-state index in [1.807, 2.05) is 26.8 Å². The second-order valence-corrected chi connectivity index (χ2v) is 14.8. The van der Waals surface area contributed by atoms with Crippen LogP contribution >= 0.6 is 0 Å². The van der Waals surface area contributed by atoms with E-state index in [0.29, 0.717) is 17.4 Å². The van der Waals surface area contributed by atoms with E-state index in [2.05, 4.69) is 26.0 Å². The molecule has 6 nitrogen and oxygen atoms in total. The van der Waals surface area contributed by atoms with Crippen LogP contribution in [-0.4, -0.2) is 30.9 Å². The van der Waals surface area contributed by atoms with Crippen molar-refractivity contribution in [2.24, 2.45) is 22.5 Å². The number of carbonyl (C=O) groups is 1. The fourth-order valence-corrected chi connectivity index (χ4v) is 5.99. The summed E-state index contributed by atoms with van der Waals surface area (Å²) in [6.07, 6.45) is -0.127. The Morgan fingerprint density at radius 2 is 1.62 bits per heavy atom. The largest absolute Gasteiger partial charge is 0.493 e. The van der Waals surface area contributed by atoms with Crippen molar-refractivity contribution in [2.75, 3.05) is 13.2 Å². The highest BCUT2D eigenvalue weighted by Crippen LogP contribution is 2.42. The number of rotatable bonds is 15. The first kappa shape index (κ1) is 38.1. The van der Waals surface area contributed by atoms with Gasteiger partial charge in [0.05, 0.1) is 30.6 Å². The Balaban J connectivity index is 1.79. The Bertz CT molecular complexity index is 1560. The normalized spacial score (nSPS) is 14.6. The third-order valence-corrected chi connectivity index (χ3v) is 8.83. The molecule has 0 saturated carbocycles. The maximum atomic E-state index is 13.5. The summed E-state index contributed by atoms with van der Waals surface area (Å²) in [5.41, 5.74) is 7.32. The van der Waals surface area contributed by atoms with Crippen LogP contribution in [0.2, 0.25) is 0 Å². The van der Waals surface area contributed by atoms with E-state index < -0.39 is 47.7 Å². The predicted molar refractivity (Wildman–Crippen MR) is 182 cm³/mol. The quantitative estimate of drug-likeness (QED) is 0.0993. The Morgan fingerprint density at radius 3 is 2.21 bits per heavy atom. The number of unbranched alkanes of at least 4 members (excludes halogenated alkanes) is 2. The number of nitrogens with two attached hydrogens (primary N) is 1. The molecule has 2 aromatic carbocycles. The summed E-state index contributed by atoms with van der Waals surface area (Å²) in [6, 6.07) is 12.8. The van der Waals surface area contributed by atoms with Gasteiger partial charge in [0.1, 0.15) is 11.3 Å². The molecule has 2 unspecified atom stereocenters. The molecule has 0 spiro atoms. The Labute approximate surface area is 277 Å². The van der Waals surface area contributed by atoms with Crippen molar-refractivity contribution in [3.63, 3.8) is 0 Å². The third-order valence-electron chi connectivity index (χ3n) is 8.83. The Morgan fingerprint density at radius 1 is 0.915 bits per heavy atom. The molecule has 1 aromatic heterocycles. The number of halogens is 3. The molecule has 0 aliphatic rings. The summed E-state index contributed by atoms with van der Waals surface area (Å²) in [5, 5.41) is 0.657. The van der Waals surface area contributed by atoms with Gasteiger partial charge in [-0.3, -0.25) is 4.79 Å². The van der Waals surface area contributed by atoms with Gasteiger partial charge in [0.15, 0.2) is 0 Å². The summed E-state index contributed by atoms with van der Waals surface area (Å²) >= 11 is 0.